The van der Waals surface area contributed by atoms with Gasteiger partial charge >= 0.3 is 5.97 Å². The van der Waals surface area contributed by atoms with Crippen molar-refractivity contribution in [3.05, 3.63) is 47.5 Å². The number of hydrogen-bond acceptors (Lipinski definition) is 4. The fraction of sp³-hybridized carbons (Fsp3) is 0.444. The molecule has 0 aromatic heterocycles. The van der Waals surface area contributed by atoms with E-state index in [0.29, 0.717) is 19.4 Å². The maximum Gasteiger partial charge on any atom is 0.317 e. The zero-order chi connectivity index (χ0) is 15.6. The first kappa shape index (κ1) is 15.0. The molecule has 1 unspecified atom stereocenters. The highest BCUT2D eigenvalue weighted by atomic mass is 16.5. The molecule has 0 spiro atoms. The molecule has 0 N–H and O–H groups in total. The van der Waals surface area contributed by atoms with Gasteiger partial charge in [-0.25, -0.2) is 0 Å². The number of hydrogen-bond donors (Lipinski definition) is 0. The molecule has 0 bridgehead atoms. The van der Waals surface area contributed by atoms with Crippen LogP contribution in [-0.2, 0) is 20.9 Å². The zero-order valence-corrected chi connectivity index (χ0v) is 12.9. The van der Waals surface area contributed by atoms with E-state index in [9.17, 15) is 9.59 Å². The first-order valence-electron chi connectivity index (χ1n) is 7.73. The lowest BCUT2D eigenvalue weighted by molar-refractivity contribution is -0.153. The van der Waals surface area contributed by atoms with E-state index in [-0.39, 0.29) is 11.8 Å². The van der Waals surface area contributed by atoms with Gasteiger partial charge in [0.15, 0.2) is 5.78 Å². The Hall–Kier alpha value is -1.94. The second-order valence-corrected chi connectivity index (χ2v) is 6.16. The number of allylic oxidation sites excluding steroid dienone is 1. The first-order valence-corrected chi connectivity index (χ1v) is 7.73. The molecule has 1 aromatic rings. The van der Waals surface area contributed by atoms with E-state index in [1.807, 2.05) is 18.2 Å². The lowest BCUT2D eigenvalue weighted by atomic mass is 9.68. The normalized spacial score (nSPS) is 25.3. The minimum atomic E-state index is -0.629. The Bertz CT molecular complexity index is 608. The predicted octanol–water partition coefficient (Wildman–Crippen LogP) is 2.34. The summed E-state index contributed by atoms with van der Waals surface area (Å²) in [6, 6.07) is 10.3. The van der Waals surface area contributed by atoms with Crippen LogP contribution in [0.3, 0.4) is 0 Å². The molecule has 1 fully saturated rings. The van der Waals surface area contributed by atoms with Crippen LogP contribution in [0.5, 0.6) is 0 Å². The largest absolute Gasteiger partial charge is 0.468 e. The van der Waals surface area contributed by atoms with Gasteiger partial charge in [-0.3, -0.25) is 14.5 Å². The number of rotatable bonds is 3. The highest BCUT2D eigenvalue weighted by molar-refractivity contribution is 5.95. The lowest BCUT2D eigenvalue weighted by Gasteiger charge is -2.44. The third kappa shape index (κ3) is 2.71. The van der Waals surface area contributed by atoms with Crippen LogP contribution >= 0.6 is 0 Å². The zero-order valence-electron chi connectivity index (χ0n) is 12.9. The molecule has 4 heteroatoms. The summed E-state index contributed by atoms with van der Waals surface area (Å²) in [4.78, 5) is 26.4. The van der Waals surface area contributed by atoms with Crippen molar-refractivity contribution in [2.75, 3.05) is 20.2 Å². The van der Waals surface area contributed by atoms with E-state index in [1.54, 1.807) is 6.08 Å². The van der Waals surface area contributed by atoms with Crippen LogP contribution in [0.4, 0.5) is 0 Å². The van der Waals surface area contributed by atoms with Gasteiger partial charge in [-0.1, -0.05) is 30.3 Å². The maximum atomic E-state index is 12.4. The second-order valence-electron chi connectivity index (χ2n) is 6.16. The Morgan fingerprint density at radius 2 is 2.05 bits per heavy atom. The van der Waals surface area contributed by atoms with Gasteiger partial charge in [0.05, 0.1) is 7.11 Å². The van der Waals surface area contributed by atoms with E-state index in [0.717, 1.165) is 25.1 Å². The van der Waals surface area contributed by atoms with Crippen molar-refractivity contribution in [1.82, 2.24) is 4.90 Å². The summed E-state index contributed by atoms with van der Waals surface area (Å²) in [5.74, 6) is -0.0740. The summed E-state index contributed by atoms with van der Waals surface area (Å²) in [5, 5.41) is 0. The average molecular weight is 299 g/mol. The van der Waals surface area contributed by atoms with Gasteiger partial charge < -0.3 is 4.74 Å². The van der Waals surface area contributed by atoms with E-state index < -0.39 is 5.41 Å². The van der Waals surface area contributed by atoms with Gasteiger partial charge in [0.2, 0.25) is 0 Å². The van der Waals surface area contributed by atoms with Gasteiger partial charge in [-0.05, 0) is 30.1 Å². The second kappa shape index (κ2) is 6.05. The van der Waals surface area contributed by atoms with Crippen LogP contribution in [0.25, 0.3) is 0 Å². The molecule has 1 atom stereocenters. The number of methoxy groups -OCH3 is 1. The summed E-state index contributed by atoms with van der Waals surface area (Å²) in [6.45, 7) is 2.32. The highest BCUT2D eigenvalue weighted by Crippen LogP contribution is 2.43. The van der Waals surface area contributed by atoms with Crippen LogP contribution < -0.4 is 0 Å². The molecule has 4 nitrogen and oxygen atoms in total. The van der Waals surface area contributed by atoms with Crippen molar-refractivity contribution < 1.29 is 14.3 Å². The van der Waals surface area contributed by atoms with Gasteiger partial charge in [0.1, 0.15) is 5.41 Å². The summed E-state index contributed by atoms with van der Waals surface area (Å²) in [6.07, 6.45) is 3.43. The number of ether oxygens (including phenoxy) is 1. The van der Waals surface area contributed by atoms with Gasteiger partial charge in [0.25, 0.3) is 0 Å². The fourth-order valence-electron chi connectivity index (χ4n) is 3.60. The minimum Gasteiger partial charge on any atom is -0.468 e. The summed E-state index contributed by atoms with van der Waals surface area (Å²) >= 11 is 0. The molecule has 2 aliphatic rings. The van der Waals surface area contributed by atoms with E-state index in [2.05, 4.69) is 17.0 Å². The van der Waals surface area contributed by atoms with Gasteiger partial charge in [-0.15, -0.1) is 0 Å². The fourth-order valence-corrected chi connectivity index (χ4v) is 3.60. The van der Waals surface area contributed by atoms with Crippen molar-refractivity contribution >= 4 is 11.8 Å². The van der Waals surface area contributed by atoms with Crippen molar-refractivity contribution in [3.8, 4) is 0 Å². The topological polar surface area (TPSA) is 46.6 Å². The number of carbonyl (C=O) groups excluding carboxylic acids is 2. The van der Waals surface area contributed by atoms with Crippen LogP contribution in [0, 0.1) is 5.41 Å². The molecular weight excluding hydrogens is 278 g/mol. The molecule has 3 rings (SSSR count). The number of likely N-dealkylation sites (tertiary alicyclic amines) is 1. The van der Waals surface area contributed by atoms with Crippen LogP contribution in [0.2, 0.25) is 0 Å². The summed E-state index contributed by atoms with van der Waals surface area (Å²) < 4.78 is 5.07. The van der Waals surface area contributed by atoms with E-state index in [1.165, 1.54) is 12.7 Å². The summed E-state index contributed by atoms with van der Waals surface area (Å²) in [5.41, 5.74) is 1.57. The SMILES string of the molecule is COC(=O)C12CCC(=O)C=C1CCN(Cc1ccccc1)C2. The number of fused-ring (bicyclic) bond motifs is 1. The number of esters is 1. The maximum absolute atomic E-state index is 12.4. The van der Waals surface area contributed by atoms with E-state index >= 15 is 0 Å². The molecule has 116 valence electrons. The minimum absolute atomic E-state index is 0.131. The number of carbonyl (C=O) groups is 2. The van der Waals surface area contributed by atoms with Gasteiger partial charge in [0, 0.05) is 26.1 Å². The lowest BCUT2D eigenvalue weighted by Crippen LogP contribution is -2.51. The van der Waals surface area contributed by atoms with Crippen molar-refractivity contribution in [2.45, 2.75) is 25.8 Å². The molecule has 1 saturated heterocycles. The molecule has 1 aliphatic heterocycles. The van der Waals surface area contributed by atoms with Crippen molar-refractivity contribution in [1.29, 1.82) is 0 Å². The van der Waals surface area contributed by atoms with Crippen LogP contribution in [0.1, 0.15) is 24.8 Å². The smallest absolute Gasteiger partial charge is 0.317 e. The molecule has 0 amide bonds. The third-order valence-electron chi connectivity index (χ3n) is 4.76. The molecule has 1 heterocycles. The predicted molar refractivity (Wildman–Crippen MR) is 83.1 cm³/mol. The van der Waals surface area contributed by atoms with E-state index in [4.69, 9.17) is 4.74 Å². The Balaban J connectivity index is 1.84. The Kier molecular flexibility index (Phi) is 4.12. The number of benzene rings is 1. The molecule has 22 heavy (non-hydrogen) atoms. The summed E-state index contributed by atoms with van der Waals surface area (Å²) in [7, 11) is 1.43. The number of piperidine rings is 1. The molecule has 1 aromatic carbocycles. The average Bonchev–Trinajstić information content (AvgIpc) is 2.55. The molecular formula is C18H21NO3. The standard InChI is InChI=1S/C18H21NO3/c1-22-17(21)18-9-7-16(20)11-15(18)8-10-19(13-18)12-14-5-3-2-4-6-14/h2-6,11H,7-10,12-13H2,1H3. The Morgan fingerprint density at radius 3 is 2.77 bits per heavy atom. The molecule has 0 radical (unpaired) electrons. The highest BCUT2D eigenvalue weighted by Gasteiger charge is 2.48. The molecule has 0 saturated carbocycles. The van der Waals surface area contributed by atoms with Crippen molar-refractivity contribution in [3.63, 3.8) is 0 Å². The third-order valence-corrected chi connectivity index (χ3v) is 4.76. The van der Waals surface area contributed by atoms with Crippen molar-refractivity contribution in [2.24, 2.45) is 5.41 Å². The first-order chi connectivity index (χ1) is 10.6. The monoisotopic (exact) mass is 299 g/mol. The number of ketones is 1. The Labute approximate surface area is 130 Å². The Morgan fingerprint density at radius 1 is 1.27 bits per heavy atom. The molecule has 1 aliphatic carbocycles. The van der Waals surface area contributed by atoms with Crippen LogP contribution in [-0.4, -0.2) is 36.9 Å². The van der Waals surface area contributed by atoms with Gasteiger partial charge in [-0.2, -0.15) is 0 Å². The van der Waals surface area contributed by atoms with Crippen LogP contribution in [0.15, 0.2) is 42.0 Å². The quantitative estimate of drug-likeness (QED) is 0.804. The number of nitrogens with zero attached hydrogens (tertiary/aromatic N) is 1.